The molecular formula is C21H27F6N5O6S. The minimum atomic E-state index is -5.08. The summed E-state index contributed by atoms with van der Waals surface area (Å²) in [5.41, 5.74) is 3.23. The molecule has 0 radical (unpaired) electrons. The number of nitrogens with one attached hydrogen (secondary N) is 1. The Labute approximate surface area is 219 Å². The van der Waals surface area contributed by atoms with Gasteiger partial charge in [-0.1, -0.05) is 6.07 Å². The van der Waals surface area contributed by atoms with Gasteiger partial charge in [-0.15, -0.1) is 0 Å². The molecule has 0 spiro atoms. The highest BCUT2D eigenvalue weighted by Crippen LogP contribution is 2.24. The fourth-order valence-corrected chi connectivity index (χ4v) is 3.83. The van der Waals surface area contributed by atoms with Crippen molar-refractivity contribution in [2.45, 2.75) is 51.8 Å². The number of aliphatic carboxylic acids is 2. The fourth-order valence-electron chi connectivity index (χ4n) is 3.20. The summed E-state index contributed by atoms with van der Waals surface area (Å²) in [5, 5.41) is 18.7. The molecule has 2 aromatic rings. The van der Waals surface area contributed by atoms with Gasteiger partial charge in [0.2, 0.25) is 10.0 Å². The molecule has 1 atom stereocenters. The Bertz CT molecular complexity index is 1180. The summed E-state index contributed by atoms with van der Waals surface area (Å²) in [7, 11) is -3.15. The average molecular weight is 592 g/mol. The number of pyridine rings is 1. The van der Waals surface area contributed by atoms with Gasteiger partial charge in [-0.25, -0.2) is 22.7 Å². The van der Waals surface area contributed by atoms with Gasteiger partial charge in [-0.3, -0.25) is 14.6 Å². The van der Waals surface area contributed by atoms with E-state index in [9.17, 15) is 34.8 Å². The fraction of sp³-hybridized carbons (Fsp3) is 0.524. The molecule has 3 N–H and O–H groups in total. The minimum absolute atomic E-state index is 0.107. The van der Waals surface area contributed by atoms with Crippen molar-refractivity contribution >= 4 is 22.0 Å². The number of sulfonamides is 1. The number of hydrogen-bond acceptors (Lipinski definition) is 7. The van der Waals surface area contributed by atoms with Gasteiger partial charge in [0, 0.05) is 38.1 Å². The van der Waals surface area contributed by atoms with E-state index >= 15 is 0 Å². The maximum Gasteiger partial charge on any atom is 0.490 e. The van der Waals surface area contributed by atoms with Crippen LogP contribution in [0.3, 0.4) is 0 Å². The minimum Gasteiger partial charge on any atom is -0.475 e. The number of alkyl halides is 6. The van der Waals surface area contributed by atoms with Gasteiger partial charge >= 0.3 is 24.3 Å². The van der Waals surface area contributed by atoms with Gasteiger partial charge in [0.15, 0.2) is 0 Å². The molecular weight excluding hydrogens is 564 g/mol. The molecule has 3 heterocycles. The van der Waals surface area contributed by atoms with Crippen molar-refractivity contribution in [2.24, 2.45) is 0 Å². The Kier molecular flexibility index (Phi) is 12.3. The number of halogens is 6. The van der Waals surface area contributed by atoms with E-state index in [0.717, 1.165) is 36.7 Å². The van der Waals surface area contributed by atoms with Gasteiger partial charge in [-0.05, 0) is 38.5 Å². The molecule has 1 unspecified atom stereocenters. The van der Waals surface area contributed by atoms with E-state index in [1.165, 1.54) is 0 Å². The normalized spacial score (nSPS) is 15.7. The van der Waals surface area contributed by atoms with Crippen molar-refractivity contribution in [3.8, 4) is 0 Å². The monoisotopic (exact) mass is 591 g/mol. The number of nitrogens with zero attached hydrogens (tertiary/aromatic N) is 4. The van der Waals surface area contributed by atoms with E-state index in [1.54, 1.807) is 6.92 Å². The molecule has 0 saturated carbocycles. The second kappa shape index (κ2) is 14.2. The first-order valence-corrected chi connectivity index (χ1v) is 12.8. The molecule has 0 fully saturated rings. The van der Waals surface area contributed by atoms with Crippen LogP contribution in [-0.2, 0) is 32.7 Å². The lowest BCUT2D eigenvalue weighted by Crippen LogP contribution is -2.39. The lowest BCUT2D eigenvalue weighted by Gasteiger charge is -2.33. The number of aryl methyl sites for hydroxylation is 1. The number of carboxylic acids is 2. The highest BCUT2D eigenvalue weighted by atomic mass is 32.2. The smallest absolute Gasteiger partial charge is 0.475 e. The molecule has 11 nitrogen and oxygen atoms in total. The van der Waals surface area contributed by atoms with E-state index in [-0.39, 0.29) is 11.8 Å². The molecule has 0 saturated heterocycles. The third-order valence-corrected chi connectivity index (χ3v) is 6.35. The zero-order valence-corrected chi connectivity index (χ0v) is 21.5. The van der Waals surface area contributed by atoms with Crippen LogP contribution in [0.4, 0.5) is 26.3 Å². The topological polar surface area (TPSA) is 155 Å². The van der Waals surface area contributed by atoms with Crippen LogP contribution in [-0.4, -0.2) is 81.4 Å². The second-order valence-electron chi connectivity index (χ2n) is 8.05. The second-order valence-corrected chi connectivity index (χ2v) is 10.1. The van der Waals surface area contributed by atoms with Crippen molar-refractivity contribution in [2.75, 3.05) is 18.8 Å². The van der Waals surface area contributed by atoms with Gasteiger partial charge < -0.3 is 10.2 Å². The van der Waals surface area contributed by atoms with E-state index < -0.39 is 34.3 Å². The van der Waals surface area contributed by atoms with Crippen LogP contribution >= 0.6 is 0 Å². The molecule has 18 heteroatoms. The zero-order chi connectivity index (χ0) is 30.0. The standard InChI is InChI=1S/C17H25N5O2S.2C2HF3O2/c1-3-25(23,24)19-10-8-17-13-21(12-16-7-9-18-22(16)17)11-15-6-4-5-14(2)20-15;2*3-2(4,5)1(6)7/h4-7,9,17,19H,3,8,10-13H2,1-2H3;2*(H,6,7). The molecule has 0 aromatic carbocycles. The molecule has 39 heavy (non-hydrogen) atoms. The number of rotatable bonds is 7. The largest absolute Gasteiger partial charge is 0.490 e. The quantitative estimate of drug-likeness (QED) is 0.413. The molecule has 220 valence electrons. The van der Waals surface area contributed by atoms with Crippen LogP contribution in [0, 0.1) is 6.92 Å². The van der Waals surface area contributed by atoms with Gasteiger partial charge in [-0.2, -0.15) is 31.4 Å². The number of hydrogen-bond donors (Lipinski definition) is 3. The maximum atomic E-state index is 11.6. The first kappa shape index (κ1) is 33.8. The summed E-state index contributed by atoms with van der Waals surface area (Å²) in [6, 6.07) is 8.26. The van der Waals surface area contributed by atoms with Crippen LogP contribution in [0.2, 0.25) is 0 Å². The molecule has 0 aliphatic carbocycles. The van der Waals surface area contributed by atoms with Crippen LogP contribution in [0.5, 0.6) is 0 Å². The van der Waals surface area contributed by atoms with Crippen molar-refractivity contribution in [3.05, 3.63) is 47.5 Å². The van der Waals surface area contributed by atoms with E-state index in [0.29, 0.717) is 13.0 Å². The van der Waals surface area contributed by atoms with Crippen LogP contribution in [0.25, 0.3) is 0 Å². The summed E-state index contributed by atoms with van der Waals surface area (Å²) in [4.78, 5) is 24.7. The first-order chi connectivity index (χ1) is 17.9. The average Bonchev–Trinajstić information content (AvgIpc) is 3.27. The van der Waals surface area contributed by atoms with Crippen LogP contribution in [0.1, 0.15) is 36.5 Å². The van der Waals surface area contributed by atoms with E-state index in [2.05, 4.69) is 19.7 Å². The SMILES string of the molecule is CCS(=O)(=O)NCCC1CN(Cc2cccc(C)n2)Cc2ccnn21.O=C(O)C(F)(F)F.O=C(O)C(F)(F)F. The summed E-state index contributed by atoms with van der Waals surface area (Å²) in [5.74, 6) is -5.41. The predicted octanol–water partition coefficient (Wildman–Crippen LogP) is 2.74. The van der Waals surface area contributed by atoms with E-state index in [1.807, 2.05) is 42.1 Å². The van der Waals surface area contributed by atoms with Crippen LogP contribution in [0.15, 0.2) is 30.5 Å². The van der Waals surface area contributed by atoms with Crippen molar-refractivity contribution in [1.29, 1.82) is 0 Å². The first-order valence-electron chi connectivity index (χ1n) is 11.1. The number of fused-ring (bicyclic) bond motifs is 1. The van der Waals surface area contributed by atoms with Crippen molar-refractivity contribution < 1.29 is 54.6 Å². The van der Waals surface area contributed by atoms with Gasteiger partial charge in [0.25, 0.3) is 0 Å². The molecule has 0 bridgehead atoms. The molecule has 2 aromatic heterocycles. The third kappa shape index (κ3) is 12.4. The molecule has 1 aliphatic rings. The lowest BCUT2D eigenvalue weighted by atomic mass is 10.1. The summed E-state index contributed by atoms with van der Waals surface area (Å²) < 4.78 is 91.4. The summed E-state index contributed by atoms with van der Waals surface area (Å²) in [6.07, 6.45) is -7.64. The van der Waals surface area contributed by atoms with Crippen molar-refractivity contribution in [1.82, 2.24) is 24.4 Å². The Morgan fingerprint density at radius 1 is 1.08 bits per heavy atom. The lowest BCUT2D eigenvalue weighted by molar-refractivity contribution is -0.193. The van der Waals surface area contributed by atoms with Gasteiger partial charge in [0.05, 0.1) is 23.2 Å². The maximum absolute atomic E-state index is 11.6. The Hall–Kier alpha value is -3.25. The Balaban J connectivity index is 0.000000449. The predicted molar refractivity (Wildman–Crippen MR) is 124 cm³/mol. The van der Waals surface area contributed by atoms with Gasteiger partial charge in [0.1, 0.15) is 0 Å². The highest BCUT2D eigenvalue weighted by molar-refractivity contribution is 7.89. The Morgan fingerprint density at radius 2 is 1.64 bits per heavy atom. The molecule has 1 aliphatic heterocycles. The molecule has 3 rings (SSSR count). The van der Waals surface area contributed by atoms with Crippen molar-refractivity contribution in [3.63, 3.8) is 0 Å². The molecule has 0 amide bonds. The summed E-state index contributed by atoms with van der Waals surface area (Å²) >= 11 is 0. The number of carboxylic acid groups (broad SMARTS) is 2. The van der Waals surface area contributed by atoms with Crippen LogP contribution < -0.4 is 4.72 Å². The van der Waals surface area contributed by atoms with E-state index in [4.69, 9.17) is 19.8 Å². The summed E-state index contributed by atoms with van der Waals surface area (Å²) in [6.45, 7) is 6.51. The third-order valence-electron chi connectivity index (χ3n) is 4.95. The Morgan fingerprint density at radius 3 is 2.13 bits per heavy atom. The zero-order valence-electron chi connectivity index (χ0n) is 20.7. The highest BCUT2D eigenvalue weighted by Gasteiger charge is 2.38. The number of carbonyl (C=O) groups is 2. The number of aromatic nitrogens is 3.